The number of nitrogens with zero attached hydrogens (tertiary/aromatic N) is 2. The number of anilines is 2. The predicted molar refractivity (Wildman–Crippen MR) is 120 cm³/mol. The van der Waals surface area contributed by atoms with Crippen LogP contribution in [0.15, 0.2) is 53.6 Å². The highest BCUT2D eigenvalue weighted by Gasteiger charge is 2.18. The van der Waals surface area contributed by atoms with Crippen LogP contribution >= 0.6 is 0 Å². The number of nitro groups is 1. The largest absolute Gasteiger partial charge is 0.351 e. The van der Waals surface area contributed by atoms with E-state index in [-0.39, 0.29) is 29.2 Å². The Kier molecular flexibility index (Phi) is 8.30. The maximum atomic E-state index is 12.4. The van der Waals surface area contributed by atoms with Crippen molar-refractivity contribution in [2.45, 2.75) is 6.92 Å². The number of nitrogens with two attached hydrogens (primary N) is 1. The van der Waals surface area contributed by atoms with Gasteiger partial charge in [0.25, 0.3) is 17.5 Å². The van der Waals surface area contributed by atoms with Gasteiger partial charge in [-0.2, -0.15) is 5.10 Å². The van der Waals surface area contributed by atoms with Gasteiger partial charge in [-0.05, 0) is 24.3 Å². The summed E-state index contributed by atoms with van der Waals surface area (Å²) in [6, 6.07) is 11.0. The van der Waals surface area contributed by atoms with E-state index in [2.05, 4.69) is 21.2 Å². The van der Waals surface area contributed by atoms with E-state index in [9.17, 15) is 32.9 Å². The van der Waals surface area contributed by atoms with Crippen LogP contribution in [-0.4, -0.2) is 48.9 Å². The van der Waals surface area contributed by atoms with E-state index < -0.39 is 44.0 Å². The fraction of sp³-hybridized carbons (Fsp3) is 0.158. The number of sulfonamides is 1. The molecule has 5 N–H and O–H groups in total. The van der Waals surface area contributed by atoms with Gasteiger partial charge in [0.15, 0.2) is 11.5 Å². The molecule has 2 aromatic carbocycles. The summed E-state index contributed by atoms with van der Waals surface area (Å²) < 4.78 is 21.9. The first-order chi connectivity index (χ1) is 15.5. The number of hydrogen-bond acceptors (Lipinski definition) is 9. The van der Waals surface area contributed by atoms with Gasteiger partial charge in [0.1, 0.15) is 0 Å². The molecule has 0 unspecified atom stereocenters. The molecule has 2 aromatic rings. The van der Waals surface area contributed by atoms with Crippen molar-refractivity contribution in [2.75, 3.05) is 23.0 Å². The second kappa shape index (κ2) is 10.9. The second-order valence-corrected chi connectivity index (χ2v) is 8.33. The Morgan fingerprint density at radius 3 is 2.39 bits per heavy atom. The lowest BCUT2D eigenvalue weighted by Gasteiger charge is -2.08. The third-order valence-electron chi connectivity index (χ3n) is 3.96. The third kappa shape index (κ3) is 8.12. The van der Waals surface area contributed by atoms with E-state index in [4.69, 9.17) is 5.14 Å². The highest BCUT2D eigenvalue weighted by Crippen LogP contribution is 2.17. The molecule has 33 heavy (non-hydrogen) atoms. The molecule has 0 heterocycles. The van der Waals surface area contributed by atoms with Gasteiger partial charge in [0.2, 0.25) is 10.0 Å². The molecule has 0 fully saturated rings. The second-order valence-electron chi connectivity index (χ2n) is 6.59. The van der Waals surface area contributed by atoms with Gasteiger partial charge >= 0.3 is 0 Å². The zero-order valence-electron chi connectivity index (χ0n) is 17.3. The van der Waals surface area contributed by atoms with Crippen LogP contribution < -0.4 is 21.2 Å². The highest BCUT2D eigenvalue weighted by atomic mass is 32.2. The first-order valence-electron chi connectivity index (χ1n) is 9.25. The molecule has 0 aliphatic carbocycles. The Balaban J connectivity index is 2.11. The molecule has 0 aliphatic rings. The van der Waals surface area contributed by atoms with E-state index in [1.54, 1.807) is 0 Å². The van der Waals surface area contributed by atoms with Gasteiger partial charge in [0.05, 0.1) is 16.4 Å². The van der Waals surface area contributed by atoms with Crippen molar-refractivity contribution in [1.29, 1.82) is 0 Å². The number of benzene rings is 2. The van der Waals surface area contributed by atoms with Crippen molar-refractivity contribution in [3.8, 4) is 0 Å². The van der Waals surface area contributed by atoms with Crippen molar-refractivity contribution in [1.82, 2.24) is 5.32 Å². The minimum absolute atomic E-state index is 0.0984. The van der Waals surface area contributed by atoms with Crippen LogP contribution in [0.5, 0.6) is 0 Å². The molecule has 13 nitrogen and oxygen atoms in total. The lowest BCUT2D eigenvalue weighted by Crippen LogP contribution is -2.31. The minimum atomic E-state index is -3.72. The van der Waals surface area contributed by atoms with Crippen LogP contribution in [-0.2, 0) is 19.6 Å². The summed E-state index contributed by atoms with van der Waals surface area (Å²) in [6.45, 7) is 0.933. The van der Waals surface area contributed by atoms with Crippen molar-refractivity contribution in [3.05, 3.63) is 64.2 Å². The Morgan fingerprint density at radius 1 is 1.09 bits per heavy atom. The molecule has 14 heteroatoms. The van der Waals surface area contributed by atoms with E-state index in [1.165, 1.54) is 42.5 Å². The van der Waals surface area contributed by atoms with Crippen molar-refractivity contribution in [2.24, 2.45) is 10.2 Å². The molecule has 0 atom stereocenters. The third-order valence-corrected chi connectivity index (χ3v) is 4.73. The highest BCUT2D eigenvalue weighted by molar-refractivity contribution is 7.89. The summed E-state index contributed by atoms with van der Waals surface area (Å²) in [4.78, 5) is 46.7. The summed E-state index contributed by atoms with van der Waals surface area (Å²) in [7, 11) is -3.72. The number of primary sulfonamides is 1. The molecule has 0 aromatic heterocycles. The monoisotopic (exact) mass is 476 g/mol. The Hall–Kier alpha value is -4.17. The average Bonchev–Trinajstić information content (AvgIpc) is 2.73. The first-order valence-corrected chi connectivity index (χ1v) is 11.0. The van der Waals surface area contributed by atoms with Crippen LogP contribution in [0.25, 0.3) is 0 Å². The molecular weight excluding hydrogens is 456 g/mol. The molecule has 0 radical (unpaired) electrons. The van der Waals surface area contributed by atoms with Crippen molar-refractivity contribution in [3.63, 3.8) is 0 Å². The van der Waals surface area contributed by atoms with E-state index in [1.807, 2.05) is 0 Å². The fourth-order valence-electron chi connectivity index (χ4n) is 2.44. The van der Waals surface area contributed by atoms with Crippen LogP contribution in [0.4, 0.5) is 17.1 Å². The number of rotatable bonds is 10. The topological polar surface area (TPSA) is 203 Å². The molecule has 0 saturated heterocycles. The lowest BCUT2D eigenvalue weighted by molar-refractivity contribution is -0.384. The lowest BCUT2D eigenvalue weighted by atomic mass is 10.2. The number of hydrazone groups is 1. The number of Topliss-reactive ketones (excluding diaryl/α,β-unsaturated/α-hetero) is 1. The number of carbonyl (C=O) groups excluding carboxylic acids is 3. The van der Waals surface area contributed by atoms with Gasteiger partial charge in [0, 0.05) is 36.9 Å². The Morgan fingerprint density at radius 2 is 1.76 bits per heavy atom. The van der Waals surface area contributed by atoms with Gasteiger partial charge in [-0.15, -0.1) is 0 Å². The SMILES string of the molecule is CC(=O)/C(=N/Nc1cccc(C(=O)NCCS(N)(=O)=O)c1)C(=O)Nc1cccc([N+](=O)[O-])c1. The minimum Gasteiger partial charge on any atom is -0.351 e. The summed E-state index contributed by atoms with van der Waals surface area (Å²) in [5.41, 5.74) is 2.27. The van der Waals surface area contributed by atoms with Crippen molar-refractivity contribution >= 4 is 50.4 Å². The molecule has 0 bridgehead atoms. The number of non-ortho nitro benzene ring substituents is 1. The standard InChI is InChI=1S/C19H20N6O7S/c1-12(26)17(19(28)22-14-5-3-7-16(11-14)25(29)30)24-23-15-6-2-4-13(10-15)18(27)21-8-9-33(20,31)32/h2-7,10-11,23H,8-9H2,1H3,(H,21,27)(H,22,28)(H2,20,31,32)/b24-17-. The maximum absolute atomic E-state index is 12.4. The summed E-state index contributed by atoms with van der Waals surface area (Å²) in [5, 5.41) is 24.3. The smallest absolute Gasteiger partial charge is 0.279 e. The normalized spacial score (nSPS) is 11.4. The summed E-state index contributed by atoms with van der Waals surface area (Å²) in [5.74, 6) is -2.57. The maximum Gasteiger partial charge on any atom is 0.279 e. The van der Waals surface area contributed by atoms with Gasteiger partial charge in [-0.25, -0.2) is 13.6 Å². The molecular formula is C19H20N6O7S. The summed E-state index contributed by atoms with van der Waals surface area (Å²) in [6.07, 6.45) is 0. The number of amides is 2. The average molecular weight is 476 g/mol. The van der Waals surface area contributed by atoms with Crippen LogP contribution in [0, 0.1) is 10.1 Å². The van der Waals surface area contributed by atoms with Crippen LogP contribution in [0.3, 0.4) is 0 Å². The Bertz CT molecular complexity index is 1230. The van der Waals surface area contributed by atoms with E-state index in [0.29, 0.717) is 0 Å². The predicted octanol–water partition coefficient (Wildman–Crippen LogP) is 0.609. The molecule has 0 spiro atoms. The number of carbonyl (C=O) groups is 3. The first kappa shape index (κ1) is 25.1. The van der Waals surface area contributed by atoms with Crippen molar-refractivity contribution < 1.29 is 27.7 Å². The fourth-order valence-corrected chi connectivity index (χ4v) is 2.82. The summed E-state index contributed by atoms with van der Waals surface area (Å²) >= 11 is 0. The number of nitro benzene ring substituents is 1. The number of ketones is 1. The zero-order chi connectivity index (χ0) is 24.6. The molecule has 174 valence electrons. The molecule has 2 amide bonds. The van der Waals surface area contributed by atoms with E-state index >= 15 is 0 Å². The van der Waals surface area contributed by atoms with Gasteiger partial charge in [-0.3, -0.25) is 29.9 Å². The number of hydrogen-bond donors (Lipinski definition) is 4. The van der Waals surface area contributed by atoms with Gasteiger partial charge in [-0.1, -0.05) is 12.1 Å². The van der Waals surface area contributed by atoms with E-state index in [0.717, 1.165) is 13.0 Å². The van der Waals surface area contributed by atoms with Crippen LogP contribution in [0.1, 0.15) is 17.3 Å². The number of nitrogens with one attached hydrogen (secondary N) is 3. The van der Waals surface area contributed by atoms with Crippen LogP contribution in [0.2, 0.25) is 0 Å². The molecule has 0 saturated carbocycles. The molecule has 0 aliphatic heterocycles. The Labute approximate surface area is 188 Å². The quantitative estimate of drug-likeness (QED) is 0.165. The zero-order valence-corrected chi connectivity index (χ0v) is 18.1. The van der Waals surface area contributed by atoms with Gasteiger partial charge < -0.3 is 10.6 Å². The molecule has 2 rings (SSSR count).